The number of hydrogen-bond acceptors (Lipinski definition) is 5. The van der Waals surface area contributed by atoms with Gasteiger partial charge >= 0.3 is 0 Å². The summed E-state index contributed by atoms with van der Waals surface area (Å²) in [7, 11) is 3.25. The lowest BCUT2D eigenvalue weighted by molar-refractivity contribution is -0.114. The molecule has 0 bridgehead atoms. The third-order valence-corrected chi connectivity index (χ3v) is 7.97. The van der Waals surface area contributed by atoms with E-state index in [1.165, 1.54) is 11.8 Å². The number of rotatable bonds is 9. The second-order valence-electron chi connectivity index (χ2n) is 9.76. The number of nitrogens with one attached hydrogen (secondary N) is 1. The quantitative estimate of drug-likeness (QED) is 0.230. The van der Waals surface area contributed by atoms with Crippen LogP contribution in [0.1, 0.15) is 32.6 Å². The highest BCUT2D eigenvalue weighted by Crippen LogP contribution is 2.42. The minimum absolute atomic E-state index is 0.0370. The van der Waals surface area contributed by atoms with Gasteiger partial charge in [-0.1, -0.05) is 65.9 Å². The topological polar surface area (TPSA) is 67.9 Å². The molecule has 4 aromatic rings. The van der Waals surface area contributed by atoms with Crippen molar-refractivity contribution in [2.75, 3.05) is 25.7 Å². The Morgan fingerprint density at radius 3 is 2.49 bits per heavy atom. The molecule has 208 valence electrons. The average molecular weight is 565 g/mol. The molecule has 0 fully saturated rings. The third-order valence-electron chi connectivity index (χ3n) is 6.89. The molecular formula is C34H32N2O4S. The van der Waals surface area contributed by atoms with E-state index >= 15 is 0 Å². The van der Waals surface area contributed by atoms with E-state index in [4.69, 9.17) is 9.47 Å². The molecule has 1 N–H and O–H groups in total. The van der Waals surface area contributed by atoms with Crippen LogP contribution in [0.3, 0.4) is 0 Å². The highest BCUT2D eigenvalue weighted by atomic mass is 32.2. The van der Waals surface area contributed by atoms with Crippen LogP contribution in [-0.2, 0) is 17.8 Å². The first-order valence-corrected chi connectivity index (χ1v) is 14.2. The summed E-state index contributed by atoms with van der Waals surface area (Å²) in [6.45, 7) is 3.00. The first-order chi connectivity index (χ1) is 19.9. The molecule has 4 aromatic carbocycles. The lowest BCUT2D eigenvalue weighted by Crippen LogP contribution is -2.33. The second kappa shape index (κ2) is 12.8. The SMILES string of the molecule is COc1ccc(OC)c(CCNC(=O)c2ccc(/C=C3/Sc4ccccc4N(Cc4cccc(C)c4)C3=O)cc2)c1. The summed E-state index contributed by atoms with van der Waals surface area (Å²) >= 11 is 1.47. The molecular weight excluding hydrogens is 532 g/mol. The summed E-state index contributed by atoms with van der Waals surface area (Å²) in [5.41, 5.74) is 5.53. The number of anilines is 1. The van der Waals surface area contributed by atoms with E-state index in [9.17, 15) is 9.59 Å². The van der Waals surface area contributed by atoms with Crippen LogP contribution in [0.25, 0.3) is 6.08 Å². The van der Waals surface area contributed by atoms with E-state index in [2.05, 4.69) is 24.4 Å². The summed E-state index contributed by atoms with van der Waals surface area (Å²) in [5.74, 6) is 1.30. The predicted octanol–water partition coefficient (Wildman–Crippen LogP) is 6.66. The summed E-state index contributed by atoms with van der Waals surface area (Å²) in [4.78, 5) is 29.9. The van der Waals surface area contributed by atoms with Crippen LogP contribution >= 0.6 is 11.8 Å². The summed E-state index contributed by atoms with van der Waals surface area (Å²) in [5, 5.41) is 2.97. The molecule has 1 heterocycles. The maximum atomic E-state index is 13.6. The lowest BCUT2D eigenvalue weighted by Gasteiger charge is -2.30. The number of aryl methyl sites for hydroxylation is 1. The zero-order chi connectivity index (χ0) is 28.8. The van der Waals surface area contributed by atoms with Crippen molar-refractivity contribution in [1.82, 2.24) is 5.32 Å². The molecule has 1 aliphatic heterocycles. The molecule has 0 aromatic heterocycles. The van der Waals surface area contributed by atoms with Crippen LogP contribution in [0.2, 0.25) is 0 Å². The number of ether oxygens (including phenoxy) is 2. The van der Waals surface area contributed by atoms with Crippen LogP contribution in [0.15, 0.2) is 101 Å². The van der Waals surface area contributed by atoms with Crippen molar-refractivity contribution in [2.24, 2.45) is 0 Å². The molecule has 5 rings (SSSR count). The highest BCUT2D eigenvalue weighted by Gasteiger charge is 2.29. The number of para-hydroxylation sites is 1. The minimum atomic E-state index is -0.160. The number of fused-ring (bicyclic) bond motifs is 1. The van der Waals surface area contributed by atoms with Crippen molar-refractivity contribution in [3.8, 4) is 11.5 Å². The van der Waals surface area contributed by atoms with Gasteiger partial charge < -0.3 is 19.7 Å². The van der Waals surface area contributed by atoms with Gasteiger partial charge in [0.15, 0.2) is 0 Å². The molecule has 0 saturated carbocycles. The molecule has 0 aliphatic carbocycles. The third kappa shape index (κ3) is 6.64. The van der Waals surface area contributed by atoms with Gasteiger partial charge in [-0.2, -0.15) is 0 Å². The van der Waals surface area contributed by atoms with Gasteiger partial charge in [0, 0.05) is 17.0 Å². The molecule has 0 spiro atoms. The number of nitrogens with zero attached hydrogens (tertiary/aromatic N) is 1. The van der Waals surface area contributed by atoms with Crippen LogP contribution < -0.4 is 19.7 Å². The van der Waals surface area contributed by atoms with E-state index in [0.29, 0.717) is 30.0 Å². The summed E-state index contributed by atoms with van der Waals surface area (Å²) < 4.78 is 10.7. The fraction of sp³-hybridized carbons (Fsp3) is 0.176. The first kappa shape index (κ1) is 28.1. The monoisotopic (exact) mass is 564 g/mol. The van der Waals surface area contributed by atoms with Crippen LogP contribution in [0.5, 0.6) is 11.5 Å². The van der Waals surface area contributed by atoms with Gasteiger partial charge in [0.2, 0.25) is 0 Å². The molecule has 6 nitrogen and oxygen atoms in total. The van der Waals surface area contributed by atoms with Gasteiger partial charge in [0.1, 0.15) is 11.5 Å². The van der Waals surface area contributed by atoms with E-state index in [1.54, 1.807) is 26.4 Å². The smallest absolute Gasteiger partial charge is 0.265 e. The maximum absolute atomic E-state index is 13.6. The van der Waals surface area contributed by atoms with Crippen LogP contribution in [-0.4, -0.2) is 32.6 Å². The molecule has 0 saturated heterocycles. The zero-order valence-electron chi connectivity index (χ0n) is 23.3. The minimum Gasteiger partial charge on any atom is -0.497 e. The van der Waals surface area contributed by atoms with Gasteiger partial charge in [-0.15, -0.1) is 0 Å². The van der Waals surface area contributed by atoms with Gasteiger partial charge in [0.25, 0.3) is 11.8 Å². The lowest BCUT2D eigenvalue weighted by atomic mass is 10.1. The van der Waals surface area contributed by atoms with E-state index in [-0.39, 0.29) is 11.8 Å². The van der Waals surface area contributed by atoms with Gasteiger partial charge in [-0.05, 0) is 78.6 Å². The van der Waals surface area contributed by atoms with Gasteiger partial charge in [0.05, 0.1) is 31.4 Å². The fourth-order valence-corrected chi connectivity index (χ4v) is 5.84. The number of methoxy groups -OCH3 is 2. The Morgan fingerprint density at radius 1 is 0.927 bits per heavy atom. The number of benzene rings is 4. The number of hydrogen-bond donors (Lipinski definition) is 1. The van der Waals surface area contributed by atoms with E-state index < -0.39 is 0 Å². The predicted molar refractivity (Wildman–Crippen MR) is 165 cm³/mol. The van der Waals surface area contributed by atoms with Crippen molar-refractivity contribution in [2.45, 2.75) is 24.8 Å². The van der Waals surface area contributed by atoms with E-state index in [0.717, 1.165) is 44.3 Å². The Balaban J connectivity index is 1.27. The number of thioether (sulfide) groups is 1. The standard InChI is InChI=1S/C34H32N2O4S/c1-23-7-6-8-25(19-23)22-36-29-9-4-5-10-31(29)41-32(34(36)38)20-24-11-13-26(14-12-24)33(37)35-18-17-27-21-28(39-2)15-16-30(27)40-3/h4-16,19-21H,17-18,22H2,1-3H3,(H,35,37)/b32-20+. The van der Waals surface area contributed by atoms with Crippen molar-refractivity contribution < 1.29 is 19.1 Å². The zero-order valence-corrected chi connectivity index (χ0v) is 24.2. The van der Waals surface area contributed by atoms with Crippen molar-refractivity contribution >= 4 is 35.3 Å². The Morgan fingerprint density at radius 2 is 1.73 bits per heavy atom. The number of carbonyl (C=O) groups is 2. The highest BCUT2D eigenvalue weighted by molar-refractivity contribution is 8.04. The first-order valence-electron chi connectivity index (χ1n) is 13.4. The molecule has 2 amide bonds. The summed E-state index contributed by atoms with van der Waals surface area (Å²) in [6.07, 6.45) is 2.50. The van der Waals surface area contributed by atoms with Gasteiger partial charge in [-0.3, -0.25) is 9.59 Å². The molecule has 0 atom stereocenters. The van der Waals surface area contributed by atoms with E-state index in [1.807, 2.05) is 77.7 Å². The molecule has 1 aliphatic rings. The Kier molecular flexibility index (Phi) is 8.75. The Labute approximate surface area is 245 Å². The molecule has 0 radical (unpaired) electrons. The average Bonchev–Trinajstić information content (AvgIpc) is 2.99. The second-order valence-corrected chi connectivity index (χ2v) is 10.8. The molecule has 0 unspecified atom stereocenters. The van der Waals surface area contributed by atoms with Gasteiger partial charge in [-0.25, -0.2) is 0 Å². The number of carbonyl (C=O) groups excluding carboxylic acids is 2. The van der Waals surface area contributed by atoms with Crippen molar-refractivity contribution in [1.29, 1.82) is 0 Å². The molecule has 41 heavy (non-hydrogen) atoms. The molecule has 7 heteroatoms. The Bertz CT molecular complexity index is 1600. The summed E-state index contributed by atoms with van der Waals surface area (Å²) in [6, 6.07) is 29.1. The van der Waals surface area contributed by atoms with Crippen LogP contribution in [0.4, 0.5) is 5.69 Å². The van der Waals surface area contributed by atoms with Crippen molar-refractivity contribution in [3.05, 3.63) is 124 Å². The Hall–Kier alpha value is -4.49. The largest absolute Gasteiger partial charge is 0.497 e. The number of amides is 2. The van der Waals surface area contributed by atoms with Crippen molar-refractivity contribution in [3.63, 3.8) is 0 Å². The maximum Gasteiger partial charge on any atom is 0.265 e. The van der Waals surface area contributed by atoms with Crippen LogP contribution in [0, 0.1) is 6.92 Å². The fourth-order valence-electron chi connectivity index (χ4n) is 4.78. The normalized spacial score (nSPS) is 13.6.